The number of carbonyl (C=O) groups is 2. The average molecular weight is 297 g/mol. The molecule has 1 aromatic heterocycles. The molecule has 1 amide bonds. The minimum absolute atomic E-state index is 0.150. The van der Waals surface area contributed by atoms with E-state index in [2.05, 4.69) is 15.8 Å². The van der Waals surface area contributed by atoms with Crippen molar-refractivity contribution in [3.63, 3.8) is 0 Å². The SMILES string of the molecule is O=C(O)CC=C(NNC(=O)c1ccncc1)c1ccccc1. The predicted molar refractivity (Wildman–Crippen MR) is 81.5 cm³/mol. The first-order chi connectivity index (χ1) is 10.7. The van der Waals surface area contributed by atoms with Crippen LogP contribution in [0.3, 0.4) is 0 Å². The van der Waals surface area contributed by atoms with Gasteiger partial charge in [-0.3, -0.25) is 25.4 Å². The summed E-state index contributed by atoms with van der Waals surface area (Å²) in [6.45, 7) is 0. The smallest absolute Gasteiger partial charge is 0.307 e. The molecule has 0 aliphatic heterocycles. The zero-order chi connectivity index (χ0) is 15.8. The molecular formula is C16H15N3O3. The Morgan fingerprint density at radius 3 is 2.32 bits per heavy atom. The fraction of sp³-hybridized carbons (Fsp3) is 0.0625. The maximum absolute atomic E-state index is 12.0. The Balaban J connectivity index is 2.09. The molecule has 3 N–H and O–H groups in total. The fourth-order valence-corrected chi connectivity index (χ4v) is 1.75. The molecule has 1 heterocycles. The number of aliphatic carboxylic acids is 1. The minimum atomic E-state index is -0.948. The maximum atomic E-state index is 12.0. The first-order valence-corrected chi connectivity index (χ1v) is 6.60. The van der Waals surface area contributed by atoms with E-state index in [1.807, 2.05) is 30.3 Å². The van der Waals surface area contributed by atoms with E-state index >= 15 is 0 Å². The van der Waals surface area contributed by atoms with Crippen molar-refractivity contribution in [3.8, 4) is 0 Å². The first kappa shape index (κ1) is 15.2. The molecule has 0 spiro atoms. The summed E-state index contributed by atoms with van der Waals surface area (Å²) in [5.41, 5.74) is 7.06. The Bertz CT molecular complexity index is 670. The highest BCUT2D eigenvalue weighted by Crippen LogP contribution is 2.11. The quantitative estimate of drug-likeness (QED) is 0.708. The molecule has 0 fully saturated rings. The molecule has 0 aliphatic carbocycles. The average Bonchev–Trinajstić information content (AvgIpc) is 2.56. The first-order valence-electron chi connectivity index (χ1n) is 6.60. The van der Waals surface area contributed by atoms with Crippen LogP contribution in [0.4, 0.5) is 0 Å². The van der Waals surface area contributed by atoms with Crippen LogP contribution in [-0.4, -0.2) is 22.0 Å². The lowest BCUT2D eigenvalue weighted by Gasteiger charge is -2.12. The third kappa shape index (κ3) is 4.45. The van der Waals surface area contributed by atoms with E-state index in [0.29, 0.717) is 11.3 Å². The van der Waals surface area contributed by atoms with Crippen molar-refractivity contribution in [1.82, 2.24) is 15.8 Å². The highest BCUT2D eigenvalue weighted by atomic mass is 16.4. The van der Waals surface area contributed by atoms with E-state index in [0.717, 1.165) is 5.56 Å². The normalized spacial score (nSPS) is 10.8. The van der Waals surface area contributed by atoms with Gasteiger partial charge < -0.3 is 5.11 Å². The van der Waals surface area contributed by atoms with Gasteiger partial charge in [0.05, 0.1) is 12.1 Å². The number of pyridine rings is 1. The van der Waals surface area contributed by atoms with Gasteiger partial charge in [0.2, 0.25) is 0 Å². The van der Waals surface area contributed by atoms with Gasteiger partial charge in [-0.25, -0.2) is 0 Å². The summed E-state index contributed by atoms with van der Waals surface area (Å²) < 4.78 is 0. The molecule has 2 rings (SSSR count). The standard InChI is InChI=1S/C16H15N3O3/c20-15(21)7-6-14(12-4-2-1-3-5-12)18-19-16(22)13-8-10-17-11-9-13/h1-6,8-11,18H,7H2,(H,19,22)(H,20,21). The summed E-state index contributed by atoms with van der Waals surface area (Å²) >= 11 is 0. The molecule has 6 heteroatoms. The number of hydrogen-bond acceptors (Lipinski definition) is 4. The van der Waals surface area contributed by atoms with Gasteiger partial charge in [0.25, 0.3) is 5.91 Å². The summed E-state index contributed by atoms with van der Waals surface area (Å²) in [6, 6.07) is 12.3. The highest BCUT2D eigenvalue weighted by molar-refractivity contribution is 5.94. The predicted octanol–water partition coefficient (Wildman–Crippen LogP) is 1.83. The highest BCUT2D eigenvalue weighted by Gasteiger charge is 2.07. The summed E-state index contributed by atoms with van der Waals surface area (Å²) in [5.74, 6) is -1.28. The molecule has 0 saturated carbocycles. The lowest BCUT2D eigenvalue weighted by Crippen LogP contribution is -2.36. The van der Waals surface area contributed by atoms with Crippen LogP contribution in [0.25, 0.3) is 5.70 Å². The summed E-state index contributed by atoms with van der Waals surface area (Å²) in [5, 5.41) is 8.80. The molecule has 0 aliphatic rings. The maximum Gasteiger partial charge on any atom is 0.307 e. The van der Waals surface area contributed by atoms with Gasteiger partial charge in [0.1, 0.15) is 0 Å². The Hall–Kier alpha value is -3.15. The lowest BCUT2D eigenvalue weighted by molar-refractivity contribution is -0.136. The number of carboxylic acids is 1. The van der Waals surface area contributed by atoms with Crippen LogP contribution < -0.4 is 10.9 Å². The second-order valence-electron chi connectivity index (χ2n) is 4.40. The monoisotopic (exact) mass is 297 g/mol. The van der Waals surface area contributed by atoms with Crippen molar-refractivity contribution in [1.29, 1.82) is 0 Å². The van der Waals surface area contributed by atoms with Crippen LogP contribution in [0, 0.1) is 0 Å². The topological polar surface area (TPSA) is 91.3 Å². The van der Waals surface area contributed by atoms with Crippen molar-refractivity contribution in [2.75, 3.05) is 0 Å². The van der Waals surface area contributed by atoms with Crippen LogP contribution in [0.15, 0.2) is 60.9 Å². The molecule has 112 valence electrons. The van der Waals surface area contributed by atoms with E-state index in [4.69, 9.17) is 5.11 Å². The number of aromatic nitrogens is 1. The van der Waals surface area contributed by atoms with E-state index in [1.54, 1.807) is 12.1 Å². The molecule has 2 aromatic rings. The number of carboxylic acid groups (broad SMARTS) is 1. The Morgan fingerprint density at radius 2 is 1.68 bits per heavy atom. The molecule has 1 aromatic carbocycles. The van der Waals surface area contributed by atoms with Gasteiger partial charge >= 0.3 is 5.97 Å². The van der Waals surface area contributed by atoms with Crippen molar-refractivity contribution in [2.24, 2.45) is 0 Å². The van der Waals surface area contributed by atoms with Crippen molar-refractivity contribution in [2.45, 2.75) is 6.42 Å². The van der Waals surface area contributed by atoms with Gasteiger partial charge in [-0.1, -0.05) is 30.3 Å². The third-order valence-electron chi connectivity index (χ3n) is 2.82. The molecule has 0 bridgehead atoms. The summed E-state index contributed by atoms with van der Waals surface area (Å²) in [6.07, 6.45) is 4.40. The van der Waals surface area contributed by atoms with Gasteiger partial charge in [0.15, 0.2) is 0 Å². The zero-order valence-corrected chi connectivity index (χ0v) is 11.7. The fourth-order valence-electron chi connectivity index (χ4n) is 1.75. The molecule has 0 radical (unpaired) electrons. The number of carbonyl (C=O) groups excluding carboxylic acids is 1. The molecule has 0 atom stereocenters. The van der Waals surface area contributed by atoms with Crippen molar-refractivity contribution >= 4 is 17.6 Å². The second-order valence-corrected chi connectivity index (χ2v) is 4.40. The van der Waals surface area contributed by atoms with Gasteiger partial charge in [-0.15, -0.1) is 0 Å². The molecule has 6 nitrogen and oxygen atoms in total. The van der Waals surface area contributed by atoms with E-state index in [9.17, 15) is 9.59 Å². The number of nitrogens with zero attached hydrogens (tertiary/aromatic N) is 1. The summed E-state index contributed by atoms with van der Waals surface area (Å²) in [7, 11) is 0. The van der Waals surface area contributed by atoms with E-state index in [-0.39, 0.29) is 12.3 Å². The number of hydrazine groups is 1. The number of rotatable bonds is 6. The number of amides is 1. The third-order valence-corrected chi connectivity index (χ3v) is 2.82. The summed E-state index contributed by atoms with van der Waals surface area (Å²) in [4.78, 5) is 26.5. The number of benzene rings is 1. The van der Waals surface area contributed by atoms with Crippen LogP contribution in [0.5, 0.6) is 0 Å². The van der Waals surface area contributed by atoms with Gasteiger partial charge in [-0.2, -0.15) is 0 Å². The lowest BCUT2D eigenvalue weighted by atomic mass is 10.1. The largest absolute Gasteiger partial charge is 0.481 e. The Morgan fingerprint density at radius 1 is 1.00 bits per heavy atom. The van der Waals surface area contributed by atoms with Crippen LogP contribution in [0.2, 0.25) is 0 Å². The van der Waals surface area contributed by atoms with Crippen LogP contribution >= 0.6 is 0 Å². The van der Waals surface area contributed by atoms with Gasteiger partial charge in [-0.05, 0) is 23.8 Å². The van der Waals surface area contributed by atoms with Crippen LogP contribution in [0.1, 0.15) is 22.3 Å². The number of hydrogen-bond donors (Lipinski definition) is 3. The van der Waals surface area contributed by atoms with Gasteiger partial charge in [0, 0.05) is 18.0 Å². The second kappa shape index (κ2) is 7.58. The van der Waals surface area contributed by atoms with Crippen molar-refractivity contribution in [3.05, 3.63) is 72.1 Å². The van der Waals surface area contributed by atoms with E-state index < -0.39 is 5.97 Å². The zero-order valence-electron chi connectivity index (χ0n) is 11.7. The van der Waals surface area contributed by atoms with Crippen LogP contribution in [-0.2, 0) is 4.79 Å². The molecule has 22 heavy (non-hydrogen) atoms. The number of nitrogens with one attached hydrogen (secondary N) is 2. The molecule has 0 saturated heterocycles. The molecule has 0 unspecified atom stereocenters. The minimum Gasteiger partial charge on any atom is -0.481 e. The molecular weight excluding hydrogens is 282 g/mol. The Labute approximate surface area is 127 Å². The van der Waals surface area contributed by atoms with Crippen molar-refractivity contribution < 1.29 is 14.7 Å². The Kier molecular flexibility index (Phi) is 5.25. The van der Waals surface area contributed by atoms with E-state index in [1.165, 1.54) is 18.5 Å².